The molecule has 6 nitrogen and oxygen atoms in total. The Labute approximate surface area is 192 Å². The van der Waals surface area contributed by atoms with E-state index in [0.29, 0.717) is 37.0 Å². The van der Waals surface area contributed by atoms with Crippen molar-refractivity contribution in [2.24, 2.45) is 0 Å². The highest BCUT2D eigenvalue weighted by Crippen LogP contribution is 2.17. The molecule has 33 heavy (non-hydrogen) atoms. The van der Waals surface area contributed by atoms with Crippen molar-refractivity contribution in [1.82, 2.24) is 19.2 Å². The number of benzene rings is 2. The minimum Gasteiger partial charge on any atom is -0.356 e. The summed E-state index contributed by atoms with van der Waals surface area (Å²) in [7, 11) is 2.07. The van der Waals surface area contributed by atoms with Gasteiger partial charge >= 0.3 is 0 Å². The van der Waals surface area contributed by atoms with Crippen molar-refractivity contribution >= 4 is 22.5 Å². The highest BCUT2D eigenvalue weighted by Gasteiger charge is 2.12. The fraction of sp³-hybridized carbons (Fsp3) is 0.308. The topological polar surface area (TPSA) is 58.8 Å². The van der Waals surface area contributed by atoms with Gasteiger partial charge in [0.25, 0.3) is 5.56 Å². The molecule has 2 aromatic carbocycles. The van der Waals surface area contributed by atoms with Gasteiger partial charge in [0, 0.05) is 32.3 Å². The predicted molar refractivity (Wildman–Crippen MR) is 129 cm³/mol. The number of aromatic nitrogens is 2. The van der Waals surface area contributed by atoms with Crippen molar-refractivity contribution < 1.29 is 9.18 Å². The molecule has 2 heterocycles. The Hall–Kier alpha value is -3.45. The molecule has 0 spiro atoms. The van der Waals surface area contributed by atoms with Crippen LogP contribution < -0.4 is 10.9 Å². The molecule has 0 aliphatic rings. The van der Waals surface area contributed by atoms with E-state index in [0.717, 1.165) is 25.0 Å². The Bertz CT molecular complexity index is 1300. The highest BCUT2D eigenvalue weighted by atomic mass is 19.1. The van der Waals surface area contributed by atoms with Crippen LogP contribution in [-0.2, 0) is 17.9 Å². The zero-order valence-corrected chi connectivity index (χ0v) is 18.8. The molecule has 1 amide bonds. The average Bonchev–Trinajstić information content (AvgIpc) is 3.30. The van der Waals surface area contributed by atoms with Gasteiger partial charge in [0.05, 0.1) is 11.0 Å². The number of nitrogens with zero attached hydrogens (tertiary/aromatic N) is 3. The van der Waals surface area contributed by atoms with Crippen molar-refractivity contribution in [3.8, 4) is 0 Å². The van der Waals surface area contributed by atoms with Crippen LogP contribution in [-0.4, -0.2) is 39.9 Å². The molecular formula is C26H29FN4O2. The fourth-order valence-electron chi connectivity index (χ4n) is 4.19. The average molecular weight is 449 g/mol. The van der Waals surface area contributed by atoms with E-state index in [1.165, 1.54) is 17.7 Å². The number of rotatable bonds is 10. The Kier molecular flexibility index (Phi) is 7.19. The quantitative estimate of drug-likeness (QED) is 0.376. The zero-order valence-electron chi connectivity index (χ0n) is 18.8. The van der Waals surface area contributed by atoms with Crippen LogP contribution in [0.5, 0.6) is 0 Å². The first-order valence-corrected chi connectivity index (χ1v) is 11.3. The van der Waals surface area contributed by atoms with Gasteiger partial charge in [-0.15, -0.1) is 0 Å². The third kappa shape index (κ3) is 5.49. The third-order valence-corrected chi connectivity index (χ3v) is 5.82. The molecule has 4 aromatic rings. The van der Waals surface area contributed by atoms with E-state index in [1.54, 1.807) is 33.4 Å². The number of aryl methyl sites for hydroxylation is 1. The van der Waals surface area contributed by atoms with Crippen LogP contribution in [0.4, 0.5) is 4.39 Å². The molecule has 0 aliphatic heterocycles. The number of carbonyl (C=O) groups excluding carboxylic acids is 1. The molecule has 0 fully saturated rings. The van der Waals surface area contributed by atoms with Gasteiger partial charge in [-0.05, 0) is 62.3 Å². The van der Waals surface area contributed by atoms with E-state index >= 15 is 0 Å². The standard InChI is InChI=1S/C26H29FN4O2/c1-29(19-20-8-3-2-4-9-20)15-7-14-28-25(32)11-6-17-31-24-18-21(27)12-13-22(24)30-16-5-10-23(30)26(31)33/h2-5,8-10,12-13,16,18H,6-7,11,14-15,17,19H2,1H3,(H,28,32). The molecule has 0 saturated carbocycles. The van der Waals surface area contributed by atoms with E-state index in [2.05, 4.69) is 29.4 Å². The SMILES string of the molecule is CN(CCCNC(=O)CCCn1c(=O)c2cccn2c2ccc(F)cc21)Cc1ccccc1. The largest absolute Gasteiger partial charge is 0.356 e. The Morgan fingerprint density at radius 1 is 1.00 bits per heavy atom. The summed E-state index contributed by atoms with van der Waals surface area (Å²) in [5.41, 5.74) is 2.92. The van der Waals surface area contributed by atoms with E-state index in [4.69, 9.17) is 0 Å². The molecule has 1 N–H and O–H groups in total. The van der Waals surface area contributed by atoms with Crippen LogP contribution in [0.15, 0.2) is 71.7 Å². The number of carbonyl (C=O) groups is 1. The van der Waals surface area contributed by atoms with Gasteiger partial charge < -0.3 is 19.2 Å². The third-order valence-electron chi connectivity index (χ3n) is 5.82. The molecule has 0 bridgehead atoms. The van der Waals surface area contributed by atoms with E-state index in [1.807, 2.05) is 18.2 Å². The summed E-state index contributed by atoms with van der Waals surface area (Å²) in [5, 5.41) is 2.96. The van der Waals surface area contributed by atoms with Crippen molar-refractivity contribution in [2.45, 2.75) is 32.4 Å². The van der Waals surface area contributed by atoms with Gasteiger partial charge in [-0.1, -0.05) is 30.3 Å². The Morgan fingerprint density at radius 3 is 2.64 bits per heavy atom. The number of hydrogen-bond donors (Lipinski definition) is 1. The number of halogens is 1. The van der Waals surface area contributed by atoms with Gasteiger partial charge in [0.15, 0.2) is 0 Å². The number of nitrogens with one attached hydrogen (secondary N) is 1. The molecule has 7 heteroatoms. The minimum atomic E-state index is -0.392. The zero-order chi connectivity index (χ0) is 23.2. The lowest BCUT2D eigenvalue weighted by Gasteiger charge is -2.16. The normalized spacial score (nSPS) is 11.5. The van der Waals surface area contributed by atoms with Crippen molar-refractivity contribution in [1.29, 1.82) is 0 Å². The summed E-state index contributed by atoms with van der Waals surface area (Å²) in [5.74, 6) is -0.426. The molecule has 2 aromatic heterocycles. The van der Waals surface area contributed by atoms with Crippen LogP contribution >= 0.6 is 0 Å². The van der Waals surface area contributed by atoms with Gasteiger partial charge in [0.2, 0.25) is 5.91 Å². The lowest BCUT2D eigenvalue weighted by atomic mass is 10.2. The van der Waals surface area contributed by atoms with Crippen molar-refractivity contribution in [3.05, 3.63) is 88.6 Å². The second-order valence-electron chi connectivity index (χ2n) is 8.38. The number of hydrogen-bond acceptors (Lipinski definition) is 3. The van der Waals surface area contributed by atoms with Gasteiger partial charge in [0.1, 0.15) is 11.3 Å². The molecular weight excluding hydrogens is 419 g/mol. The van der Waals surface area contributed by atoms with Crippen LogP contribution in [0.1, 0.15) is 24.8 Å². The van der Waals surface area contributed by atoms with E-state index in [9.17, 15) is 14.0 Å². The molecule has 0 saturated heterocycles. The summed E-state index contributed by atoms with van der Waals surface area (Å²) < 4.78 is 17.2. The Morgan fingerprint density at radius 2 is 1.82 bits per heavy atom. The Balaban J connectivity index is 1.27. The summed E-state index contributed by atoms with van der Waals surface area (Å²) in [6, 6.07) is 18.3. The first-order valence-electron chi connectivity index (χ1n) is 11.3. The highest BCUT2D eigenvalue weighted by molar-refractivity contribution is 5.79. The molecule has 172 valence electrons. The fourth-order valence-corrected chi connectivity index (χ4v) is 4.19. The smallest absolute Gasteiger partial charge is 0.275 e. The van der Waals surface area contributed by atoms with Crippen LogP contribution in [0.25, 0.3) is 16.6 Å². The minimum absolute atomic E-state index is 0.0342. The molecule has 0 radical (unpaired) electrons. The lowest BCUT2D eigenvalue weighted by molar-refractivity contribution is -0.121. The molecule has 4 rings (SSSR count). The summed E-state index contributed by atoms with van der Waals surface area (Å²) in [4.78, 5) is 27.4. The summed E-state index contributed by atoms with van der Waals surface area (Å²) in [6.45, 7) is 2.74. The lowest BCUT2D eigenvalue weighted by Crippen LogP contribution is -2.28. The maximum atomic E-state index is 13.9. The number of fused-ring (bicyclic) bond motifs is 3. The summed E-state index contributed by atoms with van der Waals surface area (Å²) >= 11 is 0. The van der Waals surface area contributed by atoms with Gasteiger partial charge in [-0.2, -0.15) is 0 Å². The maximum Gasteiger partial charge on any atom is 0.275 e. The van der Waals surface area contributed by atoms with E-state index in [-0.39, 0.29) is 11.5 Å². The molecule has 0 atom stereocenters. The second-order valence-corrected chi connectivity index (χ2v) is 8.38. The van der Waals surface area contributed by atoms with Crippen molar-refractivity contribution in [2.75, 3.05) is 20.1 Å². The number of amides is 1. The van der Waals surface area contributed by atoms with Gasteiger partial charge in [-0.3, -0.25) is 9.59 Å². The summed E-state index contributed by atoms with van der Waals surface area (Å²) in [6.07, 6.45) is 3.48. The first-order chi connectivity index (χ1) is 16.0. The first kappa shape index (κ1) is 22.7. The van der Waals surface area contributed by atoms with Crippen LogP contribution in [0.2, 0.25) is 0 Å². The predicted octanol–water partition coefficient (Wildman–Crippen LogP) is 3.81. The van der Waals surface area contributed by atoms with E-state index < -0.39 is 5.82 Å². The maximum absolute atomic E-state index is 13.9. The monoisotopic (exact) mass is 448 g/mol. The molecule has 0 aliphatic carbocycles. The molecule has 0 unspecified atom stereocenters. The van der Waals surface area contributed by atoms with Crippen molar-refractivity contribution in [3.63, 3.8) is 0 Å². The van der Waals surface area contributed by atoms with Crippen LogP contribution in [0, 0.1) is 5.82 Å². The van der Waals surface area contributed by atoms with Crippen LogP contribution in [0.3, 0.4) is 0 Å². The second kappa shape index (κ2) is 10.4. The van der Waals surface area contributed by atoms with Gasteiger partial charge in [-0.25, -0.2) is 4.39 Å².